The van der Waals surface area contributed by atoms with E-state index >= 15 is 0 Å². The molecule has 1 N–H and O–H groups in total. The molecule has 0 heterocycles. The van der Waals surface area contributed by atoms with Crippen molar-refractivity contribution in [1.29, 1.82) is 0 Å². The average Bonchev–Trinajstić information content (AvgIpc) is 2.18. The molecule has 1 saturated carbocycles. The molecule has 0 aromatic carbocycles. The minimum atomic E-state index is -0.262. The first-order valence-corrected chi connectivity index (χ1v) is 5.94. The Bertz CT molecular complexity index is 150. The number of hydrogen-bond acceptors (Lipinski definition) is 2. The molecule has 2 heteroatoms. The van der Waals surface area contributed by atoms with Crippen molar-refractivity contribution >= 4 is 0 Å². The van der Waals surface area contributed by atoms with Gasteiger partial charge in [-0.15, -0.1) is 0 Å². The number of rotatable bonds is 4. The fraction of sp³-hybridized carbons (Fsp3) is 1.00. The van der Waals surface area contributed by atoms with Crippen molar-refractivity contribution in [3.8, 4) is 0 Å². The molecule has 0 aromatic heterocycles. The summed E-state index contributed by atoms with van der Waals surface area (Å²) < 4.78 is 5.43. The first-order valence-electron chi connectivity index (χ1n) is 5.94. The molecule has 1 aliphatic carbocycles. The minimum absolute atomic E-state index is 0.00148. The Morgan fingerprint density at radius 2 is 1.86 bits per heavy atom. The lowest BCUT2D eigenvalue weighted by Gasteiger charge is -2.32. The maximum atomic E-state index is 10.0. The van der Waals surface area contributed by atoms with E-state index in [9.17, 15) is 5.11 Å². The van der Waals surface area contributed by atoms with E-state index < -0.39 is 0 Å². The normalized spacial score (nSPS) is 32.6. The molecule has 84 valence electrons. The zero-order valence-corrected chi connectivity index (χ0v) is 9.70. The highest BCUT2D eigenvalue weighted by molar-refractivity contribution is 4.79. The molecule has 1 fully saturated rings. The van der Waals surface area contributed by atoms with Crippen molar-refractivity contribution in [2.45, 2.75) is 58.7 Å². The van der Waals surface area contributed by atoms with Gasteiger partial charge in [-0.25, -0.2) is 0 Å². The lowest BCUT2D eigenvalue weighted by molar-refractivity contribution is -0.0575. The molecular formula is C12H24O2. The van der Waals surface area contributed by atoms with Gasteiger partial charge in [-0.2, -0.15) is 0 Å². The minimum Gasteiger partial charge on any atom is -0.390 e. The summed E-state index contributed by atoms with van der Waals surface area (Å²) in [4.78, 5) is 0. The predicted molar refractivity (Wildman–Crippen MR) is 58.2 cm³/mol. The summed E-state index contributed by atoms with van der Waals surface area (Å²) in [7, 11) is 0. The van der Waals surface area contributed by atoms with Crippen LogP contribution < -0.4 is 0 Å². The van der Waals surface area contributed by atoms with Crippen molar-refractivity contribution < 1.29 is 9.84 Å². The van der Waals surface area contributed by atoms with Crippen LogP contribution in [0.2, 0.25) is 0 Å². The Hall–Kier alpha value is -0.0800. The summed E-state index contributed by atoms with van der Waals surface area (Å²) >= 11 is 0. The highest BCUT2D eigenvalue weighted by atomic mass is 16.5. The van der Waals surface area contributed by atoms with Crippen LogP contribution in [0.5, 0.6) is 0 Å². The van der Waals surface area contributed by atoms with E-state index in [-0.39, 0.29) is 12.2 Å². The van der Waals surface area contributed by atoms with E-state index in [0.29, 0.717) is 12.5 Å². The smallest absolute Gasteiger partial charge is 0.0827 e. The summed E-state index contributed by atoms with van der Waals surface area (Å²) in [6, 6.07) is 0. The fourth-order valence-electron chi connectivity index (χ4n) is 2.37. The van der Waals surface area contributed by atoms with Crippen molar-refractivity contribution in [3.05, 3.63) is 0 Å². The van der Waals surface area contributed by atoms with Crippen molar-refractivity contribution in [3.63, 3.8) is 0 Å². The van der Waals surface area contributed by atoms with Gasteiger partial charge in [0.15, 0.2) is 0 Å². The van der Waals surface area contributed by atoms with Crippen LogP contribution in [0.15, 0.2) is 0 Å². The lowest BCUT2D eigenvalue weighted by atomic mass is 9.79. The van der Waals surface area contributed by atoms with E-state index in [1.165, 1.54) is 25.7 Å². The van der Waals surface area contributed by atoms with Gasteiger partial charge in [0.2, 0.25) is 0 Å². The largest absolute Gasteiger partial charge is 0.390 e. The zero-order valence-electron chi connectivity index (χ0n) is 9.70. The summed E-state index contributed by atoms with van der Waals surface area (Å²) in [5.74, 6) is 1.31. The number of hydrogen-bond donors (Lipinski definition) is 1. The third-order valence-corrected chi connectivity index (χ3v) is 3.45. The predicted octanol–water partition coefficient (Wildman–Crippen LogP) is 2.60. The lowest BCUT2D eigenvalue weighted by Crippen LogP contribution is -2.35. The summed E-state index contributed by atoms with van der Waals surface area (Å²) in [6.07, 6.45) is 4.60. The van der Waals surface area contributed by atoms with Gasteiger partial charge in [-0.1, -0.05) is 19.8 Å². The SMILES string of the molecule is CCOC(C)C(O)C1CCC(C)CC1. The highest BCUT2D eigenvalue weighted by Gasteiger charge is 2.28. The van der Waals surface area contributed by atoms with Crippen molar-refractivity contribution in [2.24, 2.45) is 11.8 Å². The fourth-order valence-corrected chi connectivity index (χ4v) is 2.37. The van der Waals surface area contributed by atoms with Gasteiger partial charge < -0.3 is 9.84 Å². The van der Waals surface area contributed by atoms with Gasteiger partial charge in [0.25, 0.3) is 0 Å². The maximum Gasteiger partial charge on any atom is 0.0827 e. The molecule has 2 unspecified atom stereocenters. The van der Waals surface area contributed by atoms with E-state index in [4.69, 9.17) is 4.74 Å². The molecule has 0 amide bonds. The van der Waals surface area contributed by atoms with Crippen LogP contribution in [0.1, 0.15) is 46.5 Å². The molecule has 0 aromatic rings. The first-order chi connectivity index (χ1) is 6.65. The molecule has 0 bridgehead atoms. The van der Waals surface area contributed by atoms with Crippen LogP contribution in [0.4, 0.5) is 0 Å². The van der Waals surface area contributed by atoms with E-state index in [1.54, 1.807) is 0 Å². The monoisotopic (exact) mass is 200 g/mol. The van der Waals surface area contributed by atoms with Crippen LogP contribution >= 0.6 is 0 Å². The molecule has 0 spiro atoms. The Kier molecular flexibility index (Phi) is 4.90. The van der Waals surface area contributed by atoms with Crippen LogP contribution in [-0.2, 0) is 4.74 Å². The van der Waals surface area contributed by atoms with Crippen LogP contribution in [0, 0.1) is 11.8 Å². The van der Waals surface area contributed by atoms with Crippen molar-refractivity contribution in [2.75, 3.05) is 6.61 Å². The molecule has 1 aliphatic rings. The average molecular weight is 200 g/mol. The second-order valence-corrected chi connectivity index (χ2v) is 4.67. The molecule has 2 nitrogen and oxygen atoms in total. The second-order valence-electron chi connectivity index (χ2n) is 4.67. The summed E-state index contributed by atoms with van der Waals surface area (Å²) in [5, 5.41) is 10.0. The highest BCUT2D eigenvalue weighted by Crippen LogP contribution is 2.31. The van der Waals surface area contributed by atoms with Crippen molar-refractivity contribution in [1.82, 2.24) is 0 Å². The number of aliphatic hydroxyl groups is 1. The maximum absolute atomic E-state index is 10.0. The quantitative estimate of drug-likeness (QED) is 0.756. The molecule has 0 aliphatic heterocycles. The Morgan fingerprint density at radius 3 is 2.36 bits per heavy atom. The molecule has 0 radical (unpaired) electrons. The van der Waals surface area contributed by atoms with E-state index in [2.05, 4.69) is 6.92 Å². The zero-order chi connectivity index (χ0) is 10.6. The first kappa shape index (κ1) is 12.0. The third-order valence-electron chi connectivity index (χ3n) is 3.45. The second kappa shape index (κ2) is 5.72. The van der Waals surface area contributed by atoms with Gasteiger partial charge in [0.1, 0.15) is 0 Å². The van der Waals surface area contributed by atoms with E-state index in [1.807, 2.05) is 13.8 Å². The Morgan fingerprint density at radius 1 is 1.29 bits per heavy atom. The summed E-state index contributed by atoms with van der Waals surface area (Å²) in [5.41, 5.74) is 0. The standard InChI is InChI=1S/C12H24O2/c1-4-14-10(3)12(13)11-7-5-9(2)6-8-11/h9-13H,4-8H2,1-3H3. The third kappa shape index (κ3) is 3.25. The summed E-state index contributed by atoms with van der Waals surface area (Å²) in [6.45, 7) is 6.95. The van der Waals surface area contributed by atoms with Gasteiger partial charge in [-0.05, 0) is 38.5 Å². The van der Waals surface area contributed by atoms with Gasteiger partial charge in [0.05, 0.1) is 12.2 Å². The van der Waals surface area contributed by atoms with Gasteiger partial charge in [0, 0.05) is 6.61 Å². The molecule has 2 atom stereocenters. The molecular weight excluding hydrogens is 176 g/mol. The molecule has 0 saturated heterocycles. The Labute approximate surface area is 87.7 Å². The van der Waals surface area contributed by atoms with Crippen LogP contribution in [-0.4, -0.2) is 23.9 Å². The van der Waals surface area contributed by atoms with Crippen LogP contribution in [0.25, 0.3) is 0 Å². The molecule has 1 rings (SSSR count). The Balaban J connectivity index is 2.33. The molecule has 14 heavy (non-hydrogen) atoms. The number of aliphatic hydroxyl groups excluding tert-OH is 1. The van der Waals surface area contributed by atoms with Gasteiger partial charge >= 0.3 is 0 Å². The topological polar surface area (TPSA) is 29.5 Å². The van der Waals surface area contributed by atoms with Gasteiger partial charge in [-0.3, -0.25) is 0 Å². The van der Waals surface area contributed by atoms with Crippen LogP contribution in [0.3, 0.4) is 0 Å². The van der Waals surface area contributed by atoms with E-state index in [0.717, 1.165) is 5.92 Å². The number of ether oxygens (including phenoxy) is 1.